The monoisotopic (exact) mass is 333 g/mol. The summed E-state index contributed by atoms with van der Waals surface area (Å²) in [6.45, 7) is 1.96. The molecule has 104 valence electrons. The minimum Gasteiger partial charge on any atom is -0.361 e. The second-order valence-electron chi connectivity index (χ2n) is 4.74. The number of aryl methyl sites for hydroxylation is 1. The van der Waals surface area contributed by atoms with Gasteiger partial charge < -0.3 is 10.2 Å². The van der Waals surface area contributed by atoms with E-state index in [1.807, 2.05) is 44.1 Å². The molecule has 1 aromatic carbocycles. The van der Waals surface area contributed by atoms with E-state index in [2.05, 4.69) is 26.2 Å². The van der Waals surface area contributed by atoms with E-state index in [-0.39, 0.29) is 5.91 Å². The van der Waals surface area contributed by atoms with E-state index in [1.54, 1.807) is 18.3 Å². The van der Waals surface area contributed by atoms with Crippen LogP contribution in [0, 0.1) is 6.92 Å². The summed E-state index contributed by atoms with van der Waals surface area (Å²) < 4.78 is 0.890. The Morgan fingerprint density at radius 1 is 1.30 bits per heavy atom. The maximum Gasteiger partial charge on any atom is 0.255 e. The molecule has 0 radical (unpaired) electrons. The van der Waals surface area contributed by atoms with Gasteiger partial charge in [-0.05, 0) is 42.8 Å². The van der Waals surface area contributed by atoms with Crippen LogP contribution < -0.4 is 10.2 Å². The van der Waals surface area contributed by atoms with E-state index >= 15 is 0 Å². The first-order chi connectivity index (χ1) is 9.47. The summed E-state index contributed by atoms with van der Waals surface area (Å²) in [5.74, 6) is 0.582. The smallest absolute Gasteiger partial charge is 0.255 e. The number of aromatic nitrogens is 1. The number of halogens is 1. The highest BCUT2D eigenvalue weighted by atomic mass is 79.9. The number of hydrogen-bond donors (Lipinski definition) is 1. The van der Waals surface area contributed by atoms with Crippen molar-refractivity contribution < 1.29 is 4.79 Å². The lowest BCUT2D eigenvalue weighted by atomic mass is 10.1. The molecule has 2 rings (SSSR count). The Morgan fingerprint density at radius 3 is 2.70 bits per heavy atom. The minimum atomic E-state index is -0.148. The van der Waals surface area contributed by atoms with Crippen LogP contribution >= 0.6 is 15.9 Å². The molecule has 4 nitrogen and oxygen atoms in total. The summed E-state index contributed by atoms with van der Waals surface area (Å²) in [7, 11) is 3.78. The van der Waals surface area contributed by atoms with Crippen LogP contribution in [0.15, 0.2) is 41.0 Å². The summed E-state index contributed by atoms with van der Waals surface area (Å²) in [6.07, 6.45) is 1.70. The van der Waals surface area contributed by atoms with E-state index in [1.165, 1.54) is 0 Å². The maximum atomic E-state index is 12.3. The first-order valence-electron chi connectivity index (χ1n) is 6.18. The number of carbonyl (C=O) groups excluding carboxylic acids is 1. The zero-order valence-electron chi connectivity index (χ0n) is 11.6. The Morgan fingerprint density at radius 2 is 2.05 bits per heavy atom. The summed E-state index contributed by atoms with van der Waals surface area (Å²) >= 11 is 3.40. The van der Waals surface area contributed by atoms with Crippen LogP contribution in [-0.4, -0.2) is 25.0 Å². The second-order valence-corrected chi connectivity index (χ2v) is 5.66. The van der Waals surface area contributed by atoms with Crippen LogP contribution in [0.3, 0.4) is 0 Å². The molecular formula is C15H16BrN3O. The van der Waals surface area contributed by atoms with Gasteiger partial charge in [-0.1, -0.05) is 15.9 Å². The predicted molar refractivity (Wildman–Crippen MR) is 85.4 cm³/mol. The van der Waals surface area contributed by atoms with Gasteiger partial charge in [-0.25, -0.2) is 4.98 Å². The van der Waals surface area contributed by atoms with Gasteiger partial charge in [-0.15, -0.1) is 0 Å². The lowest BCUT2D eigenvalue weighted by Crippen LogP contribution is -2.17. The molecule has 1 amide bonds. The standard InChI is InChI=1S/C15H16BrN3O/c1-10-7-11(9-12(16)8-10)15(20)18-13-5-4-6-17-14(13)19(2)3/h4-9H,1-3H3,(H,18,20). The summed E-state index contributed by atoms with van der Waals surface area (Å²) in [5, 5.41) is 2.90. The molecule has 0 bridgehead atoms. The topological polar surface area (TPSA) is 45.2 Å². The van der Waals surface area contributed by atoms with Gasteiger partial charge in [0.1, 0.15) is 0 Å². The molecule has 1 N–H and O–H groups in total. The summed E-state index contributed by atoms with van der Waals surface area (Å²) in [4.78, 5) is 18.4. The molecule has 0 unspecified atom stereocenters. The number of rotatable bonds is 3. The average Bonchev–Trinajstić information content (AvgIpc) is 2.37. The zero-order valence-corrected chi connectivity index (χ0v) is 13.2. The van der Waals surface area contributed by atoms with Crippen LogP contribution in [0.5, 0.6) is 0 Å². The van der Waals surface area contributed by atoms with E-state index in [9.17, 15) is 4.79 Å². The number of pyridine rings is 1. The van der Waals surface area contributed by atoms with Crippen molar-refractivity contribution in [1.29, 1.82) is 0 Å². The Balaban J connectivity index is 2.28. The molecule has 0 aliphatic carbocycles. The third kappa shape index (κ3) is 3.36. The Bertz CT molecular complexity index is 621. The number of amides is 1. The molecule has 0 fully saturated rings. The second kappa shape index (κ2) is 6.05. The van der Waals surface area contributed by atoms with E-state index < -0.39 is 0 Å². The molecular weight excluding hydrogens is 318 g/mol. The summed E-state index contributed by atoms with van der Waals surface area (Å²) in [6, 6.07) is 9.26. The fraction of sp³-hybridized carbons (Fsp3) is 0.200. The summed E-state index contributed by atoms with van der Waals surface area (Å²) in [5.41, 5.74) is 2.34. The van der Waals surface area contributed by atoms with E-state index in [0.717, 1.165) is 15.9 Å². The largest absolute Gasteiger partial charge is 0.361 e. The number of nitrogens with one attached hydrogen (secondary N) is 1. The number of anilines is 2. The molecule has 2 aromatic rings. The first-order valence-corrected chi connectivity index (χ1v) is 6.97. The van der Waals surface area contributed by atoms with Gasteiger partial charge in [0.15, 0.2) is 5.82 Å². The highest BCUT2D eigenvalue weighted by Gasteiger charge is 2.11. The van der Waals surface area contributed by atoms with Gasteiger partial charge in [0, 0.05) is 30.3 Å². The van der Waals surface area contributed by atoms with Crippen molar-refractivity contribution in [2.24, 2.45) is 0 Å². The molecule has 0 atom stereocenters. The lowest BCUT2D eigenvalue weighted by Gasteiger charge is -2.16. The predicted octanol–water partition coefficient (Wildman–Crippen LogP) is 3.47. The average molecular weight is 334 g/mol. The van der Waals surface area contributed by atoms with Crippen LogP contribution in [0.2, 0.25) is 0 Å². The fourth-order valence-electron chi connectivity index (χ4n) is 1.91. The molecule has 1 heterocycles. The number of nitrogens with zero attached hydrogens (tertiary/aromatic N) is 2. The number of carbonyl (C=O) groups is 1. The van der Waals surface area contributed by atoms with E-state index in [4.69, 9.17) is 0 Å². The van der Waals surface area contributed by atoms with Crippen LogP contribution in [0.1, 0.15) is 15.9 Å². The van der Waals surface area contributed by atoms with Crippen molar-refractivity contribution in [3.8, 4) is 0 Å². The Kier molecular flexibility index (Phi) is 4.39. The van der Waals surface area contributed by atoms with Gasteiger partial charge in [-0.3, -0.25) is 4.79 Å². The van der Waals surface area contributed by atoms with Crippen molar-refractivity contribution in [2.75, 3.05) is 24.3 Å². The highest BCUT2D eigenvalue weighted by Crippen LogP contribution is 2.22. The Hall–Kier alpha value is -1.88. The van der Waals surface area contributed by atoms with Gasteiger partial charge in [-0.2, -0.15) is 0 Å². The third-order valence-electron chi connectivity index (χ3n) is 2.76. The molecule has 1 aromatic heterocycles. The van der Waals surface area contributed by atoms with Crippen molar-refractivity contribution in [3.05, 3.63) is 52.1 Å². The fourth-order valence-corrected chi connectivity index (χ4v) is 2.52. The molecule has 0 saturated carbocycles. The van der Waals surface area contributed by atoms with Gasteiger partial charge in [0.2, 0.25) is 0 Å². The molecule has 0 spiro atoms. The maximum absolute atomic E-state index is 12.3. The van der Waals surface area contributed by atoms with Gasteiger partial charge in [0.05, 0.1) is 5.69 Å². The number of hydrogen-bond acceptors (Lipinski definition) is 3. The third-order valence-corrected chi connectivity index (χ3v) is 3.22. The molecule has 0 aliphatic heterocycles. The molecule has 0 saturated heterocycles. The molecule has 20 heavy (non-hydrogen) atoms. The quantitative estimate of drug-likeness (QED) is 0.935. The first kappa shape index (κ1) is 14.5. The van der Waals surface area contributed by atoms with Gasteiger partial charge >= 0.3 is 0 Å². The minimum absolute atomic E-state index is 0.148. The molecule has 0 aliphatic rings. The van der Waals surface area contributed by atoms with Crippen molar-refractivity contribution in [2.45, 2.75) is 6.92 Å². The van der Waals surface area contributed by atoms with Crippen molar-refractivity contribution in [1.82, 2.24) is 4.98 Å². The van der Waals surface area contributed by atoms with E-state index in [0.29, 0.717) is 11.3 Å². The highest BCUT2D eigenvalue weighted by molar-refractivity contribution is 9.10. The van der Waals surface area contributed by atoms with Crippen LogP contribution in [0.4, 0.5) is 11.5 Å². The van der Waals surface area contributed by atoms with Crippen molar-refractivity contribution in [3.63, 3.8) is 0 Å². The number of benzene rings is 1. The lowest BCUT2D eigenvalue weighted by molar-refractivity contribution is 0.102. The molecule has 5 heteroatoms. The Labute approximate surface area is 127 Å². The zero-order chi connectivity index (χ0) is 14.7. The SMILES string of the molecule is Cc1cc(Br)cc(C(=O)Nc2cccnc2N(C)C)c1. The van der Waals surface area contributed by atoms with Crippen molar-refractivity contribution >= 4 is 33.3 Å². The van der Waals surface area contributed by atoms with Gasteiger partial charge in [0.25, 0.3) is 5.91 Å². The van der Waals surface area contributed by atoms with Crippen LogP contribution in [-0.2, 0) is 0 Å². The van der Waals surface area contributed by atoms with Crippen LogP contribution in [0.25, 0.3) is 0 Å². The normalized spacial score (nSPS) is 10.2.